The van der Waals surface area contributed by atoms with Crippen LogP contribution in [0.2, 0.25) is 0 Å². The molecular formula is C19H24O5. The largest absolute Gasteiger partial charge is 0.465 e. The van der Waals surface area contributed by atoms with Crippen LogP contribution in [0.5, 0.6) is 0 Å². The van der Waals surface area contributed by atoms with Gasteiger partial charge in [0.1, 0.15) is 11.9 Å². The number of hydrogen-bond acceptors (Lipinski definition) is 5. The minimum Gasteiger partial charge on any atom is -0.465 e. The van der Waals surface area contributed by atoms with E-state index >= 15 is 0 Å². The normalized spacial score (nSPS) is 28.8. The molecule has 2 rings (SSSR count). The average Bonchev–Trinajstić information content (AvgIpc) is 2.51. The first-order valence-electron chi connectivity index (χ1n) is 7.98. The topological polar surface area (TPSA) is 87.0 Å². The lowest BCUT2D eigenvalue weighted by atomic mass is 9.79. The molecule has 0 bridgehead atoms. The second kappa shape index (κ2) is 7.30. The maximum absolute atomic E-state index is 11.9. The van der Waals surface area contributed by atoms with Crippen molar-refractivity contribution in [2.75, 3.05) is 6.61 Å². The van der Waals surface area contributed by atoms with E-state index in [1.54, 1.807) is 12.2 Å². The maximum atomic E-state index is 11.9. The minimum atomic E-state index is -1.83. The summed E-state index contributed by atoms with van der Waals surface area (Å²) in [6, 6.07) is 0. The number of ketones is 1. The third kappa shape index (κ3) is 3.93. The lowest BCUT2D eigenvalue weighted by molar-refractivity contribution is -0.140. The minimum absolute atomic E-state index is 0.158. The Morgan fingerprint density at radius 1 is 1.46 bits per heavy atom. The van der Waals surface area contributed by atoms with Crippen molar-refractivity contribution in [2.45, 2.75) is 38.9 Å². The fourth-order valence-electron chi connectivity index (χ4n) is 2.63. The van der Waals surface area contributed by atoms with Crippen LogP contribution in [0, 0.1) is 5.92 Å². The molecule has 1 aliphatic carbocycles. The van der Waals surface area contributed by atoms with E-state index in [1.807, 2.05) is 19.9 Å². The number of carbonyl (C=O) groups excluding carboxylic acids is 1. The molecule has 0 spiro atoms. The Morgan fingerprint density at radius 3 is 2.83 bits per heavy atom. The molecule has 0 aromatic rings. The number of rotatable bonds is 5. The van der Waals surface area contributed by atoms with Gasteiger partial charge in [0, 0.05) is 12.2 Å². The fourth-order valence-corrected chi connectivity index (χ4v) is 2.63. The highest BCUT2D eigenvalue weighted by Crippen LogP contribution is 2.34. The van der Waals surface area contributed by atoms with E-state index in [0.717, 1.165) is 5.57 Å². The summed E-state index contributed by atoms with van der Waals surface area (Å²) in [6.07, 6.45) is 9.46. The molecule has 1 heterocycles. The zero-order valence-corrected chi connectivity index (χ0v) is 14.2. The monoisotopic (exact) mass is 332 g/mol. The molecule has 2 aliphatic rings. The molecule has 3 atom stereocenters. The zero-order valence-electron chi connectivity index (χ0n) is 14.2. The number of ether oxygens (including phenoxy) is 1. The van der Waals surface area contributed by atoms with Gasteiger partial charge in [0.05, 0.1) is 6.26 Å². The van der Waals surface area contributed by atoms with Crippen LogP contribution in [0.3, 0.4) is 0 Å². The van der Waals surface area contributed by atoms with Gasteiger partial charge >= 0.3 is 0 Å². The number of carbonyl (C=O) groups is 1. The van der Waals surface area contributed by atoms with Gasteiger partial charge in [-0.1, -0.05) is 24.6 Å². The molecule has 0 radical (unpaired) electrons. The maximum Gasteiger partial charge on any atom is 0.190 e. The number of hydrogen-bond donors (Lipinski definition) is 3. The van der Waals surface area contributed by atoms with E-state index in [4.69, 9.17) is 9.84 Å². The van der Waals surface area contributed by atoms with Crippen molar-refractivity contribution < 1.29 is 24.9 Å². The first-order valence-corrected chi connectivity index (χ1v) is 7.98. The summed E-state index contributed by atoms with van der Waals surface area (Å²) in [5.41, 5.74) is 0.134. The van der Waals surface area contributed by atoms with Gasteiger partial charge in [0.2, 0.25) is 0 Å². The van der Waals surface area contributed by atoms with Crippen LogP contribution in [0.1, 0.15) is 27.2 Å². The molecule has 1 aliphatic heterocycles. The van der Waals surface area contributed by atoms with Crippen LogP contribution in [-0.4, -0.2) is 39.4 Å². The molecule has 0 saturated heterocycles. The fraction of sp³-hybridized carbons (Fsp3) is 0.421. The quantitative estimate of drug-likeness (QED) is 0.670. The van der Waals surface area contributed by atoms with E-state index in [-0.39, 0.29) is 12.5 Å². The zero-order chi connectivity index (χ0) is 17.9. The summed E-state index contributed by atoms with van der Waals surface area (Å²) >= 11 is 0. The SMILES string of the molecule is CC(=C/[C@H](C)CCO)/C=C/C1=CC2=CC(=O)[C@@](C)(O)[C@H](O)C2=CO1. The Labute approximate surface area is 142 Å². The summed E-state index contributed by atoms with van der Waals surface area (Å²) in [5.74, 6) is 0.287. The number of fused-ring (bicyclic) bond motifs is 1. The van der Waals surface area contributed by atoms with E-state index in [2.05, 4.69) is 6.08 Å². The van der Waals surface area contributed by atoms with Crippen molar-refractivity contribution in [1.29, 1.82) is 0 Å². The second-order valence-electron chi connectivity index (χ2n) is 6.49. The van der Waals surface area contributed by atoms with Crippen LogP contribution in [0.25, 0.3) is 0 Å². The van der Waals surface area contributed by atoms with Crippen molar-refractivity contribution in [3.05, 3.63) is 59.1 Å². The number of aliphatic hydroxyl groups excluding tert-OH is 2. The third-order valence-electron chi connectivity index (χ3n) is 4.21. The molecule has 0 amide bonds. The highest BCUT2D eigenvalue weighted by molar-refractivity contribution is 6.01. The van der Waals surface area contributed by atoms with Crippen LogP contribution in [-0.2, 0) is 9.53 Å². The summed E-state index contributed by atoms with van der Waals surface area (Å²) in [5, 5.41) is 29.1. The molecule has 0 fully saturated rings. The summed E-state index contributed by atoms with van der Waals surface area (Å²) in [6.45, 7) is 5.43. The van der Waals surface area contributed by atoms with Gasteiger partial charge in [-0.15, -0.1) is 0 Å². The Hall–Kier alpha value is -1.95. The predicted molar refractivity (Wildman–Crippen MR) is 90.7 cm³/mol. The third-order valence-corrected chi connectivity index (χ3v) is 4.21. The van der Waals surface area contributed by atoms with E-state index in [1.165, 1.54) is 19.3 Å². The van der Waals surface area contributed by atoms with Gasteiger partial charge in [-0.05, 0) is 50.0 Å². The standard InChI is InChI=1S/C19H24O5/c1-12(8-13(2)6-7-20)4-5-15-9-14-10-17(21)19(3,23)18(22)16(14)11-24-15/h4-5,8-11,13,18,20,22-23H,6-7H2,1-3H3/b5-4+,12-8-/t13-,18-,19-/m1/s1. The summed E-state index contributed by atoms with van der Waals surface area (Å²) in [4.78, 5) is 11.9. The van der Waals surface area contributed by atoms with Crippen molar-refractivity contribution in [1.82, 2.24) is 0 Å². The molecule has 0 saturated carbocycles. The highest BCUT2D eigenvalue weighted by atomic mass is 16.5. The molecule has 5 nitrogen and oxygen atoms in total. The average molecular weight is 332 g/mol. The number of aliphatic hydroxyl groups is 3. The molecule has 24 heavy (non-hydrogen) atoms. The second-order valence-corrected chi connectivity index (χ2v) is 6.49. The lowest BCUT2D eigenvalue weighted by Gasteiger charge is -2.34. The van der Waals surface area contributed by atoms with Gasteiger partial charge in [-0.3, -0.25) is 4.79 Å². The van der Waals surface area contributed by atoms with Crippen LogP contribution in [0.15, 0.2) is 59.1 Å². The van der Waals surface area contributed by atoms with E-state index in [0.29, 0.717) is 23.3 Å². The van der Waals surface area contributed by atoms with Crippen molar-refractivity contribution >= 4 is 5.78 Å². The highest BCUT2D eigenvalue weighted by Gasteiger charge is 2.44. The lowest BCUT2D eigenvalue weighted by Crippen LogP contribution is -2.50. The molecule has 130 valence electrons. The Morgan fingerprint density at radius 2 is 2.17 bits per heavy atom. The van der Waals surface area contributed by atoms with Crippen molar-refractivity contribution in [3.63, 3.8) is 0 Å². The van der Waals surface area contributed by atoms with Gasteiger partial charge in [-0.25, -0.2) is 0 Å². The molecule has 0 unspecified atom stereocenters. The molecule has 3 N–H and O–H groups in total. The molecule has 0 aromatic heterocycles. The smallest absolute Gasteiger partial charge is 0.190 e. The summed E-state index contributed by atoms with van der Waals surface area (Å²) in [7, 11) is 0. The first kappa shape index (κ1) is 18.4. The van der Waals surface area contributed by atoms with E-state index < -0.39 is 17.5 Å². The van der Waals surface area contributed by atoms with Gasteiger partial charge in [0.15, 0.2) is 11.4 Å². The van der Waals surface area contributed by atoms with Crippen molar-refractivity contribution in [3.8, 4) is 0 Å². The predicted octanol–water partition coefficient (Wildman–Crippen LogP) is 1.93. The molecule has 5 heteroatoms. The van der Waals surface area contributed by atoms with Crippen LogP contribution >= 0.6 is 0 Å². The van der Waals surface area contributed by atoms with Gasteiger partial charge in [-0.2, -0.15) is 0 Å². The molecule has 0 aromatic carbocycles. The number of allylic oxidation sites excluding steroid dienone is 5. The first-order chi connectivity index (χ1) is 11.3. The summed E-state index contributed by atoms with van der Waals surface area (Å²) < 4.78 is 5.47. The Bertz CT molecular complexity index is 661. The Balaban J connectivity index is 2.15. The Kier molecular flexibility index (Phi) is 5.59. The molecular weight excluding hydrogens is 308 g/mol. The van der Waals surface area contributed by atoms with Gasteiger partial charge < -0.3 is 20.1 Å². The van der Waals surface area contributed by atoms with Gasteiger partial charge in [0.25, 0.3) is 0 Å². The van der Waals surface area contributed by atoms with Crippen LogP contribution < -0.4 is 0 Å². The van der Waals surface area contributed by atoms with E-state index in [9.17, 15) is 15.0 Å². The van der Waals surface area contributed by atoms with Crippen molar-refractivity contribution in [2.24, 2.45) is 5.92 Å². The van der Waals surface area contributed by atoms with Crippen LogP contribution in [0.4, 0.5) is 0 Å².